The van der Waals surface area contributed by atoms with Crippen molar-refractivity contribution in [1.82, 2.24) is 0 Å². The van der Waals surface area contributed by atoms with Gasteiger partial charge in [0, 0.05) is 25.6 Å². The molecule has 1 nitrogen and oxygen atoms in total. The van der Waals surface area contributed by atoms with Crippen LogP contribution in [0.25, 0.3) is 0 Å². The molecule has 0 saturated carbocycles. The highest BCUT2D eigenvalue weighted by molar-refractivity contribution is 7.79. The second kappa shape index (κ2) is 26.2. The third-order valence-corrected chi connectivity index (χ3v) is 20.9. The Bertz CT molecular complexity index is 2600. The zero-order valence-corrected chi connectivity index (χ0v) is 44.4. The van der Waals surface area contributed by atoms with Crippen LogP contribution in [0.2, 0.25) is 0 Å². The predicted octanol–water partition coefficient (Wildman–Crippen LogP) is 16.4. The first-order valence-electron chi connectivity index (χ1n) is 23.0. The highest BCUT2D eigenvalue weighted by Crippen LogP contribution is 2.55. The van der Waals surface area contributed by atoms with E-state index in [-0.39, 0.29) is 28.4 Å². The van der Waals surface area contributed by atoms with Crippen LogP contribution in [-0.4, -0.2) is 18.2 Å². The molecule has 0 saturated heterocycles. The summed E-state index contributed by atoms with van der Waals surface area (Å²) in [5, 5.41) is 5.13. The third-order valence-electron chi connectivity index (χ3n) is 12.0. The number of nitrogens with zero attached hydrogens (tertiary/aromatic N) is 1. The number of alkyl halides is 4. The van der Waals surface area contributed by atoms with E-state index in [2.05, 4.69) is 273 Å². The van der Waals surface area contributed by atoms with Crippen molar-refractivity contribution in [2.24, 2.45) is 0 Å². The van der Waals surface area contributed by atoms with E-state index in [0.29, 0.717) is 0 Å². The Morgan fingerprint density at radius 2 is 0.623 bits per heavy atom. The molecule has 0 spiro atoms. The van der Waals surface area contributed by atoms with Gasteiger partial charge in [-0.1, -0.05) is 269 Å². The van der Waals surface area contributed by atoms with E-state index in [1.54, 1.807) is 0 Å². The van der Waals surface area contributed by atoms with Crippen LogP contribution in [-0.2, 0) is 0 Å². The number of halogens is 5. The van der Waals surface area contributed by atoms with Crippen molar-refractivity contribution in [2.45, 2.75) is 31.6 Å². The zero-order chi connectivity index (χ0) is 48.4. The Morgan fingerprint density at radius 3 is 0.884 bits per heavy atom. The van der Waals surface area contributed by atoms with E-state index in [1.165, 1.54) is 55.2 Å². The van der Waals surface area contributed by atoms with Crippen molar-refractivity contribution in [2.75, 3.05) is 15.0 Å². The molecule has 0 aliphatic heterocycles. The fraction of sp³-hybridized carbons (Fsp3) is 0.115. The van der Waals surface area contributed by atoms with Gasteiger partial charge in [-0.25, -0.2) is 0 Å². The molecule has 0 atom stereocenters. The summed E-state index contributed by atoms with van der Waals surface area (Å²) in [4.78, 5) is 0. The van der Waals surface area contributed by atoms with Crippen LogP contribution >= 0.6 is 65.6 Å². The van der Waals surface area contributed by atoms with Crippen molar-refractivity contribution in [3.8, 4) is 0 Å². The Kier molecular flexibility index (Phi) is 19.6. The van der Waals surface area contributed by atoms with E-state index in [9.17, 15) is 0 Å². The monoisotopic (exact) mass is 1040 g/mol. The summed E-state index contributed by atoms with van der Waals surface area (Å²) in [7, 11) is -4.91. The van der Waals surface area contributed by atoms with E-state index < -0.39 is 15.6 Å². The van der Waals surface area contributed by atoms with Gasteiger partial charge < -0.3 is 4.34 Å². The molecular formula is C61H55Cl5NPSi. The van der Waals surface area contributed by atoms with Crippen LogP contribution in [0, 0.1) is 0 Å². The molecular weight excluding hydrogens is 983 g/mol. The lowest BCUT2D eigenvalue weighted by Crippen LogP contribution is -2.66. The first-order chi connectivity index (χ1) is 33.8. The molecule has 8 heteroatoms. The maximum atomic E-state index is 9.11. The third kappa shape index (κ3) is 12.4. The van der Waals surface area contributed by atoms with Gasteiger partial charge in [-0.3, -0.25) is 0 Å². The van der Waals surface area contributed by atoms with Gasteiger partial charge >= 0.3 is 7.55 Å². The number of rotatable bonds is 14. The summed E-state index contributed by atoms with van der Waals surface area (Å²) in [6, 6.07) is 93.6. The quantitative estimate of drug-likeness (QED) is 0.0345. The molecule has 0 heterocycles. The maximum absolute atomic E-state index is 9.11. The Labute approximate surface area is 436 Å². The summed E-state index contributed by atoms with van der Waals surface area (Å²) in [6.45, 7) is 4.66. The fourth-order valence-electron chi connectivity index (χ4n) is 9.05. The second-order valence-electron chi connectivity index (χ2n) is 16.6. The van der Waals surface area contributed by atoms with Gasteiger partial charge in [-0.15, -0.1) is 57.5 Å². The molecule has 9 aromatic rings. The van der Waals surface area contributed by atoms with E-state index >= 15 is 0 Å². The van der Waals surface area contributed by atoms with Crippen LogP contribution in [0.1, 0.15) is 70.5 Å². The van der Waals surface area contributed by atoms with Crippen LogP contribution in [0.5, 0.6) is 0 Å². The fourth-order valence-corrected chi connectivity index (χ4v) is 18.0. The number of anilines is 1. The molecule has 0 radical (unpaired) electrons. The average Bonchev–Trinajstić information content (AvgIpc) is 3.41. The largest absolute Gasteiger partial charge is 0.349 e. The smallest absolute Gasteiger partial charge is 0.323 e. The average molecular weight is 1040 g/mol. The van der Waals surface area contributed by atoms with E-state index in [4.69, 9.17) is 57.5 Å². The van der Waals surface area contributed by atoms with Crippen LogP contribution in [0.15, 0.2) is 255 Å². The van der Waals surface area contributed by atoms with Crippen LogP contribution < -0.4 is 25.3 Å². The van der Waals surface area contributed by atoms with Crippen molar-refractivity contribution in [1.29, 1.82) is 0 Å². The molecule has 0 amide bonds. The molecule has 0 fully saturated rings. The molecule has 0 unspecified atom stereocenters. The van der Waals surface area contributed by atoms with Gasteiger partial charge in [0.1, 0.15) is 0 Å². The topological polar surface area (TPSA) is 3.24 Å². The van der Waals surface area contributed by atoms with Crippen LogP contribution in [0.3, 0.4) is 0 Å². The Morgan fingerprint density at radius 1 is 0.377 bits per heavy atom. The minimum atomic E-state index is -3.57. The van der Waals surface area contributed by atoms with E-state index in [0.717, 1.165) is 10.4 Å². The summed E-state index contributed by atoms with van der Waals surface area (Å²) in [5.74, 6) is -0.00536. The van der Waals surface area contributed by atoms with Gasteiger partial charge in [-0.2, -0.15) is 0 Å². The first kappa shape index (κ1) is 51.7. The minimum absolute atomic E-state index is 0.126. The number of hydrogen-bond acceptors (Lipinski definition) is 1. The summed E-state index contributed by atoms with van der Waals surface area (Å²) >= 11 is 28.2. The lowest BCUT2D eigenvalue weighted by atomic mass is 9.77. The molecule has 0 aliphatic carbocycles. The van der Waals surface area contributed by atoms with E-state index in [1.807, 2.05) is 0 Å². The van der Waals surface area contributed by atoms with Gasteiger partial charge in [0.05, 0.1) is 10.7 Å². The van der Waals surface area contributed by atoms with Gasteiger partial charge in [-0.05, 0) is 65.8 Å². The molecule has 348 valence electrons. The first-order valence-corrected chi connectivity index (χ1v) is 29.4. The highest BCUT2D eigenvalue weighted by atomic mass is 35.6. The second-order valence-corrected chi connectivity index (χ2v) is 25.1. The molecule has 0 aromatic heterocycles. The Balaban J connectivity index is 0.00000112. The lowest BCUT2D eigenvalue weighted by molar-refractivity contribution is 0.846. The molecule has 69 heavy (non-hydrogen) atoms. The normalized spacial score (nSPS) is 11.2. The van der Waals surface area contributed by atoms with Gasteiger partial charge in [0.25, 0.3) is 0 Å². The van der Waals surface area contributed by atoms with Gasteiger partial charge in [0.15, 0.2) is 0 Å². The van der Waals surface area contributed by atoms with Crippen molar-refractivity contribution < 1.29 is 0 Å². The molecule has 0 N–H and O–H groups in total. The molecule has 9 aromatic carbocycles. The van der Waals surface area contributed by atoms with Crippen LogP contribution in [0.4, 0.5) is 5.69 Å². The maximum Gasteiger partial charge on any atom is 0.323 e. The predicted molar refractivity (Wildman–Crippen MR) is 307 cm³/mol. The van der Waals surface area contributed by atoms with Crippen molar-refractivity contribution in [3.63, 3.8) is 0 Å². The van der Waals surface area contributed by atoms with Crippen molar-refractivity contribution >= 4 is 99.8 Å². The standard InChI is InChI=1S/C59H51ClNPSi.2CH2Cl2/c1-45(2)50-43-55(57(46-27-11-3-12-28-46)47-29-13-4-14-30-47)59(56(44-50)58(48-31-15-5-16-32-48)49-33-17-6-18-34-49)61(62(51-35-19-7-20-36-51)52-37-21-8-22-38-52)63(60,53-39-23-9-24-40-53)54-41-25-10-26-42-54;2*2-1-3/h3-45,57-58H,1-2H3;2*1H2. The highest BCUT2D eigenvalue weighted by Gasteiger charge is 2.50. The molecule has 9 rings (SSSR count). The number of benzene rings is 9. The lowest BCUT2D eigenvalue weighted by Gasteiger charge is -2.48. The SMILES string of the molecule is CC(C)c1cc(C(c2ccccc2)c2ccccc2)c(N(P(c2ccccc2)c2ccccc2)[Si](Cl)(c2ccccc2)c2ccccc2)c(C(c2ccccc2)c2ccccc2)c1.ClCCl.ClCCl. The zero-order valence-electron chi connectivity index (χ0n) is 38.7. The molecule has 0 bridgehead atoms. The summed E-state index contributed by atoms with van der Waals surface area (Å²) < 4.78 is 2.80. The Hall–Kier alpha value is -5.12. The summed E-state index contributed by atoms with van der Waals surface area (Å²) in [5.41, 5.74) is 9.90. The summed E-state index contributed by atoms with van der Waals surface area (Å²) in [6.07, 6.45) is 0. The number of hydrogen-bond donors (Lipinski definition) is 0. The minimum Gasteiger partial charge on any atom is -0.349 e. The van der Waals surface area contributed by atoms with Crippen molar-refractivity contribution in [3.05, 3.63) is 294 Å². The molecule has 0 aliphatic rings. The van der Waals surface area contributed by atoms with Gasteiger partial charge in [0.2, 0.25) is 0 Å².